The van der Waals surface area contributed by atoms with Crippen molar-refractivity contribution in [2.24, 2.45) is 5.92 Å². The molecule has 1 atom stereocenters. The summed E-state index contributed by atoms with van der Waals surface area (Å²) in [6.45, 7) is 3.51. The monoisotopic (exact) mass is 363 g/mol. The third kappa shape index (κ3) is 4.18. The first-order chi connectivity index (χ1) is 13.1. The van der Waals surface area contributed by atoms with Crippen LogP contribution in [0.1, 0.15) is 36.2 Å². The number of hydrogen-bond donors (Lipinski definition) is 0. The van der Waals surface area contributed by atoms with E-state index in [-0.39, 0.29) is 17.7 Å². The summed E-state index contributed by atoms with van der Waals surface area (Å²) in [6, 6.07) is 16.2. The van der Waals surface area contributed by atoms with E-state index in [0.717, 1.165) is 29.8 Å². The molecule has 1 aliphatic carbocycles. The molecule has 140 valence electrons. The minimum atomic E-state index is -0.244. The number of hydrogen-bond acceptors (Lipinski definition) is 3. The zero-order valence-corrected chi connectivity index (χ0v) is 15.7. The summed E-state index contributed by atoms with van der Waals surface area (Å²) in [5.41, 5.74) is 2.90. The van der Waals surface area contributed by atoms with Crippen LogP contribution in [0.4, 0.5) is 0 Å². The van der Waals surface area contributed by atoms with Gasteiger partial charge in [-0.25, -0.2) is 0 Å². The first kappa shape index (κ1) is 17.7. The van der Waals surface area contributed by atoms with Crippen molar-refractivity contribution in [1.29, 1.82) is 0 Å². The number of carbonyl (C=O) groups excluding carboxylic acids is 2. The molecule has 2 aliphatic rings. The molecular weight excluding hydrogens is 338 g/mol. The van der Waals surface area contributed by atoms with Gasteiger partial charge in [0.25, 0.3) is 0 Å². The Bertz CT molecular complexity index is 832. The Morgan fingerprint density at radius 1 is 1.11 bits per heavy atom. The van der Waals surface area contributed by atoms with Gasteiger partial charge in [0.05, 0.1) is 18.2 Å². The lowest BCUT2D eigenvalue weighted by Crippen LogP contribution is -2.37. The van der Waals surface area contributed by atoms with Crippen LogP contribution in [0.3, 0.4) is 0 Å². The largest absolute Gasteiger partial charge is 0.339 e. The van der Waals surface area contributed by atoms with Crippen molar-refractivity contribution in [2.45, 2.75) is 45.3 Å². The molecule has 2 amide bonds. The highest BCUT2D eigenvalue weighted by Gasteiger charge is 2.42. The summed E-state index contributed by atoms with van der Waals surface area (Å²) in [5, 5.41) is 0. The Kier molecular flexibility index (Phi) is 4.92. The third-order valence-corrected chi connectivity index (χ3v) is 5.32. The maximum absolute atomic E-state index is 13.3. The van der Waals surface area contributed by atoms with Gasteiger partial charge in [0, 0.05) is 31.2 Å². The molecule has 4 rings (SSSR count). The maximum Gasteiger partial charge on any atom is 0.228 e. The van der Waals surface area contributed by atoms with Gasteiger partial charge in [-0.1, -0.05) is 36.4 Å². The van der Waals surface area contributed by atoms with Crippen molar-refractivity contribution in [3.05, 3.63) is 65.5 Å². The lowest BCUT2D eigenvalue weighted by Gasteiger charge is -2.26. The molecule has 0 unspecified atom stereocenters. The van der Waals surface area contributed by atoms with Gasteiger partial charge in [0.2, 0.25) is 11.8 Å². The number of aryl methyl sites for hydroxylation is 1. The molecule has 5 heteroatoms. The molecule has 2 aromatic rings. The van der Waals surface area contributed by atoms with Gasteiger partial charge >= 0.3 is 0 Å². The number of nitrogens with zero attached hydrogens (tertiary/aromatic N) is 3. The first-order valence-electron chi connectivity index (χ1n) is 9.65. The van der Waals surface area contributed by atoms with Crippen molar-refractivity contribution in [1.82, 2.24) is 14.8 Å². The molecule has 1 saturated carbocycles. The summed E-state index contributed by atoms with van der Waals surface area (Å²) < 4.78 is 0. The van der Waals surface area contributed by atoms with Crippen molar-refractivity contribution in [2.75, 3.05) is 6.54 Å². The van der Waals surface area contributed by atoms with Crippen LogP contribution in [0.2, 0.25) is 0 Å². The predicted molar refractivity (Wildman–Crippen MR) is 103 cm³/mol. The summed E-state index contributed by atoms with van der Waals surface area (Å²) in [6.07, 6.45) is 2.49. The summed E-state index contributed by atoms with van der Waals surface area (Å²) in [5.74, 6) is -0.0607. The number of rotatable bonds is 6. The van der Waals surface area contributed by atoms with Crippen LogP contribution in [0, 0.1) is 12.8 Å². The second kappa shape index (κ2) is 7.51. The van der Waals surface area contributed by atoms with Crippen LogP contribution in [0.25, 0.3) is 0 Å². The SMILES string of the molecule is Cc1cccc(CN(Cc2ccccc2)C(=O)[C@H]2CC(=O)N(C3CC3)C2)n1. The van der Waals surface area contributed by atoms with Crippen LogP contribution in [-0.2, 0) is 22.7 Å². The fourth-order valence-electron chi connectivity index (χ4n) is 3.79. The Balaban J connectivity index is 1.53. The van der Waals surface area contributed by atoms with Crippen LogP contribution >= 0.6 is 0 Å². The number of carbonyl (C=O) groups is 2. The number of likely N-dealkylation sites (tertiary alicyclic amines) is 1. The molecule has 1 aromatic carbocycles. The van der Waals surface area contributed by atoms with Crippen LogP contribution < -0.4 is 0 Å². The molecule has 2 heterocycles. The summed E-state index contributed by atoms with van der Waals surface area (Å²) >= 11 is 0. The van der Waals surface area contributed by atoms with Gasteiger partial charge in [-0.2, -0.15) is 0 Å². The normalized spacial score (nSPS) is 19.4. The minimum absolute atomic E-state index is 0.0543. The standard InChI is InChI=1S/C22H25N3O2/c1-16-6-5-9-19(23-16)15-24(13-17-7-3-2-4-8-17)22(27)18-12-21(26)25(14-18)20-10-11-20/h2-9,18,20H,10-15H2,1H3/t18-/m0/s1. The Morgan fingerprint density at radius 3 is 2.59 bits per heavy atom. The quantitative estimate of drug-likeness (QED) is 0.793. The Labute approximate surface area is 160 Å². The van der Waals surface area contributed by atoms with Crippen LogP contribution in [0.5, 0.6) is 0 Å². The fourth-order valence-corrected chi connectivity index (χ4v) is 3.79. The number of benzene rings is 1. The molecule has 0 radical (unpaired) electrons. The zero-order chi connectivity index (χ0) is 18.8. The van der Waals surface area contributed by atoms with Crippen LogP contribution in [-0.4, -0.2) is 39.2 Å². The van der Waals surface area contributed by atoms with Gasteiger partial charge in [0.1, 0.15) is 0 Å². The molecule has 0 spiro atoms. The predicted octanol–water partition coefficient (Wildman–Crippen LogP) is 2.93. The number of amides is 2. The molecule has 0 N–H and O–H groups in total. The Hall–Kier alpha value is -2.69. The molecule has 5 nitrogen and oxygen atoms in total. The molecule has 1 aliphatic heterocycles. The van der Waals surface area contributed by atoms with Gasteiger partial charge in [0.15, 0.2) is 0 Å². The Morgan fingerprint density at radius 2 is 1.89 bits per heavy atom. The van der Waals surface area contributed by atoms with Gasteiger partial charge in [-0.3, -0.25) is 14.6 Å². The molecule has 27 heavy (non-hydrogen) atoms. The van der Waals surface area contributed by atoms with Gasteiger partial charge < -0.3 is 9.80 Å². The first-order valence-corrected chi connectivity index (χ1v) is 9.65. The molecular formula is C22H25N3O2. The van der Waals surface area contributed by atoms with Crippen LogP contribution in [0.15, 0.2) is 48.5 Å². The molecule has 0 bridgehead atoms. The lowest BCUT2D eigenvalue weighted by atomic mass is 10.1. The number of aromatic nitrogens is 1. The van der Waals surface area contributed by atoms with E-state index in [1.54, 1.807) is 0 Å². The van der Waals surface area contributed by atoms with Crippen molar-refractivity contribution in [3.8, 4) is 0 Å². The van der Waals surface area contributed by atoms with Crippen molar-refractivity contribution < 1.29 is 9.59 Å². The molecule has 1 aromatic heterocycles. The van der Waals surface area contributed by atoms with E-state index in [9.17, 15) is 9.59 Å². The topological polar surface area (TPSA) is 53.5 Å². The second-order valence-electron chi connectivity index (χ2n) is 7.63. The summed E-state index contributed by atoms with van der Waals surface area (Å²) in [7, 11) is 0. The van der Waals surface area contributed by atoms with E-state index in [1.165, 1.54) is 0 Å². The molecule has 2 fully saturated rings. The van der Waals surface area contributed by atoms with Gasteiger partial charge in [-0.15, -0.1) is 0 Å². The maximum atomic E-state index is 13.3. The minimum Gasteiger partial charge on any atom is -0.339 e. The van der Waals surface area contributed by atoms with E-state index < -0.39 is 0 Å². The van der Waals surface area contributed by atoms with Crippen molar-refractivity contribution >= 4 is 11.8 Å². The fraction of sp³-hybridized carbons (Fsp3) is 0.409. The van der Waals surface area contributed by atoms with E-state index in [2.05, 4.69) is 4.98 Å². The highest BCUT2D eigenvalue weighted by molar-refractivity contribution is 5.89. The van der Waals surface area contributed by atoms with Crippen molar-refractivity contribution in [3.63, 3.8) is 0 Å². The van der Waals surface area contributed by atoms with E-state index in [4.69, 9.17) is 0 Å². The lowest BCUT2D eigenvalue weighted by molar-refractivity contribution is -0.137. The zero-order valence-electron chi connectivity index (χ0n) is 15.7. The smallest absolute Gasteiger partial charge is 0.228 e. The third-order valence-electron chi connectivity index (χ3n) is 5.32. The molecule has 1 saturated heterocycles. The van der Waals surface area contributed by atoms with E-state index >= 15 is 0 Å². The van der Waals surface area contributed by atoms with E-state index in [1.807, 2.05) is 65.3 Å². The average molecular weight is 363 g/mol. The van der Waals surface area contributed by atoms with Gasteiger partial charge in [-0.05, 0) is 37.5 Å². The average Bonchev–Trinajstić information content (AvgIpc) is 3.43. The van der Waals surface area contributed by atoms with E-state index in [0.29, 0.717) is 32.1 Å². The number of pyridine rings is 1. The highest BCUT2D eigenvalue weighted by Crippen LogP contribution is 2.33. The second-order valence-corrected chi connectivity index (χ2v) is 7.63. The highest BCUT2D eigenvalue weighted by atomic mass is 16.2. The summed E-state index contributed by atoms with van der Waals surface area (Å²) in [4.78, 5) is 33.9.